The fourth-order valence-corrected chi connectivity index (χ4v) is 3.53. The van der Waals surface area contributed by atoms with Gasteiger partial charge in [-0.1, -0.05) is 30.3 Å². The van der Waals surface area contributed by atoms with Crippen molar-refractivity contribution >= 4 is 29.2 Å². The van der Waals surface area contributed by atoms with Crippen molar-refractivity contribution in [2.75, 3.05) is 23.7 Å². The maximum absolute atomic E-state index is 13.0. The van der Waals surface area contributed by atoms with Crippen molar-refractivity contribution in [3.8, 4) is 0 Å². The molecule has 3 rings (SSSR count). The first-order chi connectivity index (χ1) is 14.7. The Morgan fingerprint density at radius 2 is 1.61 bits per heavy atom. The molecular formula is C24H30N4O3. The third-order valence-corrected chi connectivity index (χ3v) is 5.02. The number of carbonyl (C=O) groups excluding carboxylic acids is 3. The van der Waals surface area contributed by atoms with Crippen LogP contribution in [0, 0.1) is 5.92 Å². The molecule has 1 aliphatic rings. The number of benzene rings is 2. The van der Waals surface area contributed by atoms with Crippen LogP contribution < -0.4 is 16.0 Å². The van der Waals surface area contributed by atoms with E-state index in [2.05, 4.69) is 16.0 Å². The van der Waals surface area contributed by atoms with Crippen molar-refractivity contribution in [2.45, 2.75) is 39.2 Å². The van der Waals surface area contributed by atoms with Crippen LogP contribution in [0.1, 0.15) is 44.0 Å². The monoisotopic (exact) mass is 422 g/mol. The highest BCUT2D eigenvalue weighted by Crippen LogP contribution is 2.22. The molecule has 0 aliphatic carbocycles. The molecular weight excluding hydrogens is 392 g/mol. The Balaban J connectivity index is 1.64. The second-order valence-corrected chi connectivity index (χ2v) is 8.82. The summed E-state index contributed by atoms with van der Waals surface area (Å²) in [4.78, 5) is 39.8. The van der Waals surface area contributed by atoms with Crippen LogP contribution in [0.15, 0.2) is 54.6 Å². The summed E-state index contributed by atoms with van der Waals surface area (Å²) in [7, 11) is 0. The first kappa shape index (κ1) is 22.3. The van der Waals surface area contributed by atoms with Crippen molar-refractivity contribution in [3.63, 3.8) is 0 Å². The zero-order valence-corrected chi connectivity index (χ0v) is 18.3. The molecule has 0 aromatic heterocycles. The number of nitrogens with one attached hydrogen (secondary N) is 3. The Bertz CT molecular complexity index is 937. The summed E-state index contributed by atoms with van der Waals surface area (Å²) >= 11 is 0. The summed E-state index contributed by atoms with van der Waals surface area (Å²) < 4.78 is 0. The van der Waals surface area contributed by atoms with E-state index in [1.54, 1.807) is 29.2 Å². The summed E-state index contributed by atoms with van der Waals surface area (Å²) in [6, 6.07) is 16.0. The highest BCUT2D eigenvalue weighted by atomic mass is 16.2. The molecule has 0 saturated carbocycles. The lowest BCUT2D eigenvalue weighted by molar-refractivity contribution is -0.121. The van der Waals surface area contributed by atoms with Gasteiger partial charge in [0.1, 0.15) is 0 Å². The van der Waals surface area contributed by atoms with Crippen LogP contribution in [0.3, 0.4) is 0 Å². The lowest BCUT2D eigenvalue weighted by atomic mass is 9.97. The number of amides is 4. The van der Waals surface area contributed by atoms with Gasteiger partial charge in [0.25, 0.3) is 5.91 Å². The molecule has 0 spiro atoms. The fourth-order valence-electron chi connectivity index (χ4n) is 3.53. The lowest BCUT2D eigenvalue weighted by Crippen LogP contribution is -2.45. The van der Waals surface area contributed by atoms with E-state index in [4.69, 9.17) is 0 Å². The molecule has 7 nitrogen and oxygen atoms in total. The van der Waals surface area contributed by atoms with Gasteiger partial charge in [0.05, 0.1) is 17.2 Å². The van der Waals surface area contributed by atoms with E-state index in [9.17, 15) is 14.4 Å². The molecule has 164 valence electrons. The van der Waals surface area contributed by atoms with Crippen molar-refractivity contribution in [3.05, 3.63) is 60.2 Å². The molecule has 2 aromatic carbocycles. The molecule has 1 atom stereocenters. The second-order valence-electron chi connectivity index (χ2n) is 8.82. The number of hydrogen-bond acceptors (Lipinski definition) is 3. The number of para-hydroxylation sites is 2. The Kier molecular flexibility index (Phi) is 6.95. The number of nitrogens with zero attached hydrogens (tertiary/aromatic N) is 1. The van der Waals surface area contributed by atoms with Crippen LogP contribution in [-0.4, -0.2) is 41.4 Å². The highest BCUT2D eigenvalue weighted by Gasteiger charge is 2.29. The van der Waals surface area contributed by atoms with E-state index < -0.39 is 0 Å². The van der Waals surface area contributed by atoms with E-state index in [0.717, 1.165) is 12.1 Å². The van der Waals surface area contributed by atoms with Crippen LogP contribution in [0.2, 0.25) is 0 Å². The van der Waals surface area contributed by atoms with Crippen molar-refractivity contribution in [1.29, 1.82) is 0 Å². The van der Waals surface area contributed by atoms with Gasteiger partial charge in [-0.05, 0) is 57.9 Å². The summed E-state index contributed by atoms with van der Waals surface area (Å²) in [5.74, 6) is -0.766. The molecule has 4 amide bonds. The average molecular weight is 423 g/mol. The molecule has 1 saturated heterocycles. The van der Waals surface area contributed by atoms with Gasteiger partial charge in [-0.2, -0.15) is 0 Å². The van der Waals surface area contributed by atoms with E-state index in [1.165, 1.54) is 0 Å². The third kappa shape index (κ3) is 6.31. The Labute approximate surface area is 183 Å². The maximum atomic E-state index is 13.0. The second kappa shape index (κ2) is 9.64. The summed E-state index contributed by atoms with van der Waals surface area (Å²) in [6.45, 7) is 6.66. The van der Waals surface area contributed by atoms with Crippen LogP contribution in [0.5, 0.6) is 0 Å². The minimum absolute atomic E-state index is 0.187. The third-order valence-electron chi connectivity index (χ3n) is 5.02. The van der Waals surface area contributed by atoms with E-state index in [1.807, 2.05) is 51.1 Å². The molecule has 1 fully saturated rings. The number of anilines is 2. The average Bonchev–Trinajstić information content (AvgIpc) is 2.73. The van der Waals surface area contributed by atoms with Crippen LogP contribution in [0.25, 0.3) is 0 Å². The Hall–Kier alpha value is -3.35. The largest absolute Gasteiger partial charge is 0.347 e. The topological polar surface area (TPSA) is 90.5 Å². The van der Waals surface area contributed by atoms with E-state index in [0.29, 0.717) is 30.8 Å². The molecule has 0 bridgehead atoms. The molecule has 31 heavy (non-hydrogen) atoms. The van der Waals surface area contributed by atoms with Gasteiger partial charge in [-0.15, -0.1) is 0 Å². The van der Waals surface area contributed by atoms with E-state index >= 15 is 0 Å². The minimum atomic E-state index is -0.385. The number of urea groups is 1. The summed E-state index contributed by atoms with van der Waals surface area (Å²) in [5, 5.41) is 8.69. The molecule has 1 heterocycles. The van der Waals surface area contributed by atoms with Gasteiger partial charge in [0.2, 0.25) is 5.91 Å². The molecule has 3 N–H and O–H groups in total. The first-order valence-electron chi connectivity index (χ1n) is 10.6. The molecule has 0 radical (unpaired) electrons. The Morgan fingerprint density at radius 3 is 2.32 bits per heavy atom. The van der Waals surface area contributed by atoms with Gasteiger partial charge in [0.15, 0.2) is 0 Å². The quantitative estimate of drug-likeness (QED) is 0.693. The number of likely N-dealkylation sites (tertiary alicyclic amines) is 1. The maximum Gasteiger partial charge on any atom is 0.321 e. The standard InChI is InChI=1S/C24H30N4O3/c1-24(2,3)27-22(30)19-13-7-8-14-20(19)26-21(29)17-10-9-15-28(16-17)23(31)25-18-11-5-4-6-12-18/h4-8,11-14,17H,9-10,15-16H2,1-3H3,(H,25,31)(H,26,29)(H,27,30). The van der Waals surface area contributed by atoms with Gasteiger partial charge >= 0.3 is 6.03 Å². The van der Waals surface area contributed by atoms with Gasteiger partial charge in [-0.25, -0.2) is 4.79 Å². The number of rotatable bonds is 4. The molecule has 7 heteroatoms. The van der Waals surface area contributed by atoms with Gasteiger partial charge in [-0.3, -0.25) is 9.59 Å². The number of piperidine rings is 1. The van der Waals surface area contributed by atoms with Gasteiger partial charge in [0, 0.05) is 24.3 Å². The fraction of sp³-hybridized carbons (Fsp3) is 0.375. The normalized spacial score (nSPS) is 16.4. The SMILES string of the molecule is CC(C)(C)NC(=O)c1ccccc1NC(=O)C1CCCN(C(=O)Nc2ccccc2)C1. The minimum Gasteiger partial charge on any atom is -0.347 e. The van der Waals surface area contributed by atoms with Crippen molar-refractivity contribution < 1.29 is 14.4 Å². The predicted molar refractivity (Wildman–Crippen MR) is 122 cm³/mol. The smallest absolute Gasteiger partial charge is 0.321 e. The number of carbonyl (C=O) groups is 3. The van der Waals surface area contributed by atoms with Crippen LogP contribution in [0.4, 0.5) is 16.2 Å². The van der Waals surface area contributed by atoms with E-state index in [-0.39, 0.29) is 29.3 Å². The molecule has 1 aliphatic heterocycles. The predicted octanol–water partition coefficient (Wildman–Crippen LogP) is 4.10. The van der Waals surface area contributed by atoms with Crippen molar-refractivity contribution in [1.82, 2.24) is 10.2 Å². The van der Waals surface area contributed by atoms with Crippen molar-refractivity contribution in [2.24, 2.45) is 5.92 Å². The van der Waals surface area contributed by atoms with Crippen LogP contribution in [-0.2, 0) is 4.79 Å². The first-order valence-corrected chi connectivity index (χ1v) is 10.6. The zero-order chi connectivity index (χ0) is 22.4. The Morgan fingerprint density at radius 1 is 0.935 bits per heavy atom. The van der Waals surface area contributed by atoms with Crippen LogP contribution >= 0.6 is 0 Å². The zero-order valence-electron chi connectivity index (χ0n) is 18.3. The highest BCUT2D eigenvalue weighted by molar-refractivity contribution is 6.04. The summed E-state index contributed by atoms with van der Waals surface area (Å²) in [5.41, 5.74) is 1.22. The number of hydrogen-bond donors (Lipinski definition) is 3. The molecule has 1 unspecified atom stereocenters. The van der Waals surface area contributed by atoms with Gasteiger partial charge < -0.3 is 20.9 Å². The lowest BCUT2D eigenvalue weighted by Gasteiger charge is -2.32. The summed E-state index contributed by atoms with van der Waals surface area (Å²) in [6.07, 6.45) is 1.43. The molecule has 2 aromatic rings.